The monoisotopic (exact) mass is 314 g/mol. The van der Waals surface area contributed by atoms with Crippen molar-refractivity contribution in [2.45, 2.75) is 26.3 Å². The number of aromatic nitrogens is 2. The molecule has 2 heterocycles. The van der Waals surface area contributed by atoms with E-state index in [2.05, 4.69) is 28.6 Å². The van der Waals surface area contributed by atoms with Gasteiger partial charge in [0, 0.05) is 27.2 Å². The molecule has 1 fully saturated rings. The molecule has 23 heavy (non-hydrogen) atoms. The van der Waals surface area contributed by atoms with Gasteiger partial charge in [-0.3, -0.25) is 9.69 Å². The van der Waals surface area contributed by atoms with Crippen molar-refractivity contribution >= 4 is 16.9 Å². The molecule has 0 radical (unpaired) electrons. The number of hydrogen-bond donors (Lipinski definition) is 0. The lowest BCUT2D eigenvalue weighted by Gasteiger charge is -2.33. The van der Waals surface area contributed by atoms with Crippen molar-refractivity contribution in [2.75, 3.05) is 26.7 Å². The third kappa shape index (κ3) is 3.24. The summed E-state index contributed by atoms with van der Waals surface area (Å²) in [5.74, 6) is 1.48. The van der Waals surface area contributed by atoms with Crippen LogP contribution < -0.4 is 0 Å². The molecule has 0 N–H and O–H groups in total. The number of hydrogen-bond acceptors (Lipinski definition) is 3. The van der Waals surface area contributed by atoms with Crippen LogP contribution in [-0.4, -0.2) is 51.9 Å². The number of aryl methyl sites for hydroxylation is 1. The van der Waals surface area contributed by atoms with E-state index in [-0.39, 0.29) is 11.8 Å². The Bertz CT molecular complexity index is 693. The van der Waals surface area contributed by atoms with Gasteiger partial charge in [-0.15, -0.1) is 0 Å². The van der Waals surface area contributed by atoms with Gasteiger partial charge in [0.2, 0.25) is 5.91 Å². The van der Waals surface area contributed by atoms with Crippen LogP contribution in [0.4, 0.5) is 0 Å². The lowest BCUT2D eigenvalue weighted by atomic mass is 9.96. The second-order valence-corrected chi connectivity index (χ2v) is 6.50. The van der Waals surface area contributed by atoms with Gasteiger partial charge in [0.1, 0.15) is 5.82 Å². The van der Waals surface area contributed by atoms with E-state index < -0.39 is 0 Å². The number of likely N-dealkylation sites (tertiary alicyclic amines) is 1. The van der Waals surface area contributed by atoms with Gasteiger partial charge in [0.05, 0.1) is 23.5 Å². The number of para-hydroxylation sites is 2. The van der Waals surface area contributed by atoms with E-state index in [4.69, 9.17) is 4.98 Å². The SMILES string of the molecule is CCN(C)C(=O)[C@H]1CCCN(Cc2nc3ccccc3n2C)C1. The number of rotatable bonds is 4. The Labute approximate surface area is 137 Å². The zero-order valence-electron chi connectivity index (χ0n) is 14.3. The number of imidazole rings is 1. The highest BCUT2D eigenvalue weighted by molar-refractivity contribution is 5.79. The quantitative estimate of drug-likeness (QED) is 0.869. The van der Waals surface area contributed by atoms with E-state index in [1.807, 2.05) is 31.0 Å². The van der Waals surface area contributed by atoms with E-state index in [0.717, 1.165) is 55.9 Å². The average Bonchev–Trinajstić information content (AvgIpc) is 2.90. The minimum absolute atomic E-state index is 0.128. The zero-order chi connectivity index (χ0) is 16.4. The standard InChI is InChI=1S/C18H26N4O/c1-4-20(2)18(23)14-8-7-11-22(12-14)13-17-19-15-9-5-6-10-16(15)21(17)3/h5-6,9-10,14H,4,7-8,11-13H2,1-3H3/t14-/m0/s1. The largest absolute Gasteiger partial charge is 0.346 e. The summed E-state index contributed by atoms with van der Waals surface area (Å²) >= 11 is 0. The van der Waals surface area contributed by atoms with E-state index in [0.29, 0.717) is 0 Å². The van der Waals surface area contributed by atoms with Crippen molar-refractivity contribution in [3.8, 4) is 0 Å². The highest BCUT2D eigenvalue weighted by atomic mass is 16.2. The molecule has 1 atom stereocenters. The van der Waals surface area contributed by atoms with Crippen LogP contribution in [0, 0.1) is 5.92 Å². The lowest BCUT2D eigenvalue weighted by Crippen LogP contribution is -2.43. The van der Waals surface area contributed by atoms with Crippen LogP contribution in [0.5, 0.6) is 0 Å². The van der Waals surface area contributed by atoms with Crippen LogP contribution in [0.15, 0.2) is 24.3 Å². The number of benzene rings is 1. The van der Waals surface area contributed by atoms with Gasteiger partial charge in [-0.05, 0) is 38.4 Å². The van der Waals surface area contributed by atoms with Crippen molar-refractivity contribution < 1.29 is 4.79 Å². The molecule has 1 aromatic heterocycles. The maximum absolute atomic E-state index is 12.4. The topological polar surface area (TPSA) is 41.4 Å². The third-order valence-electron chi connectivity index (χ3n) is 4.95. The smallest absolute Gasteiger partial charge is 0.226 e. The second kappa shape index (κ2) is 6.71. The first-order valence-electron chi connectivity index (χ1n) is 8.47. The summed E-state index contributed by atoms with van der Waals surface area (Å²) in [6, 6.07) is 8.22. The molecule has 0 saturated carbocycles. The Hall–Kier alpha value is -1.88. The molecule has 0 bridgehead atoms. The Morgan fingerprint density at radius 1 is 1.39 bits per heavy atom. The van der Waals surface area contributed by atoms with Gasteiger partial charge in [-0.1, -0.05) is 12.1 Å². The molecule has 124 valence electrons. The number of amides is 1. The molecule has 1 aromatic carbocycles. The molecular weight excluding hydrogens is 288 g/mol. The van der Waals surface area contributed by atoms with E-state index in [1.54, 1.807) is 0 Å². The molecule has 1 aliphatic rings. The van der Waals surface area contributed by atoms with E-state index >= 15 is 0 Å². The van der Waals surface area contributed by atoms with Crippen molar-refractivity contribution in [2.24, 2.45) is 13.0 Å². The molecule has 0 unspecified atom stereocenters. The summed E-state index contributed by atoms with van der Waals surface area (Å²) in [6.07, 6.45) is 2.08. The summed E-state index contributed by atoms with van der Waals surface area (Å²) in [7, 11) is 3.97. The Morgan fingerprint density at radius 3 is 2.91 bits per heavy atom. The molecule has 0 aliphatic carbocycles. The van der Waals surface area contributed by atoms with Gasteiger partial charge < -0.3 is 9.47 Å². The first-order valence-corrected chi connectivity index (χ1v) is 8.47. The molecule has 5 nitrogen and oxygen atoms in total. The summed E-state index contributed by atoms with van der Waals surface area (Å²) < 4.78 is 2.17. The molecular formula is C18H26N4O. The fourth-order valence-electron chi connectivity index (χ4n) is 3.41. The lowest BCUT2D eigenvalue weighted by molar-refractivity contribution is -0.135. The fraction of sp³-hybridized carbons (Fsp3) is 0.556. The highest BCUT2D eigenvalue weighted by Gasteiger charge is 2.28. The Kier molecular flexibility index (Phi) is 4.66. The second-order valence-electron chi connectivity index (χ2n) is 6.50. The predicted molar refractivity (Wildman–Crippen MR) is 92.0 cm³/mol. The van der Waals surface area contributed by atoms with Crippen LogP contribution >= 0.6 is 0 Å². The maximum atomic E-state index is 12.4. The summed E-state index contributed by atoms with van der Waals surface area (Å²) in [5.41, 5.74) is 2.21. The zero-order valence-corrected chi connectivity index (χ0v) is 14.3. The van der Waals surface area contributed by atoms with Crippen LogP contribution in [0.1, 0.15) is 25.6 Å². The van der Waals surface area contributed by atoms with Gasteiger partial charge in [0.25, 0.3) is 0 Å². The van der Waals surface area contributed by atoms with Crippen molar-refractivity contribution in [1.29, 1.82) is 0 Å². The van der Waals surface area contributed by atoms with Crippen molar-refractivity contribution in [1.82, 2.24) is 19.4 Å². The number of fused-ring (bicyclic) bond motifs is 1. The molecule has 2 aromatic rings. The highest BCUT2D eigenvalue weighted by Crippen LogP contribution is 2.21. The van der Waals surface area contributed by atoms with Crippen LogP contribution in [0.25, 0.3) is 11.0 Å². The molecule has 1 aliphatic heterocycles. The number of piperidine rings is 1. The number of nitrogens with zero attached hydrogens (tertiary/aromatic N) is 4. The first-order chi connectivity index (χ1) is 11.1. The molecule has 5 heteroatoms. The normalized spacial score (nSPS) is 19.2. The van der Waals surface area contributed by atoms with Crippen molar-refractivity contribution in [3.05, 3.63) is 30.1 Å². The van der Waals surface area contributed by atoms with Gasteiger partial charge in [-0.2, -0.15) is 0 Å². The number of carbonyl (C=O) groups excluding carboxylic acids is 1. The molecule has 0 spiro atoms. The van der Waals surface area contributed by atoms with Gasteiger partial charge in [0.15, 0.2) is 0 Å². The van der Waals surface area contributed by atoms with Gasteiger partial charge in [-0.25, -0.2) is 4.98 Å². The Balaban J connectivity index is 1.72. The Morgan fingerprint density at radius 2 is 2.17 bits per heavy atom. The van der Waals surface area contributed by atoms with E-state index in [9.17, 15) is 4.79 Å². The predicted octanol–water partition coefficient (Wildman–Crippen LogP) is 2.26. The average molecular weight is 314 g/mol. The minimum atomic E-state index is 0.128. The van der Waals surface area contributed by atoms with Crippen LogP contribution in [0.2, 0.25) is 0 Å². The molecule has 3 rings (SSSR count). The van der Waals surface area contributed by atoms with E-state index in [1.165, 1.54) is 0 Å². The van der Waals surface area contributed by atoms with Crippen LogP contribution in [-0.2, 0) is 18.4 Å². The summed E-state index contributed by atoms with van der Waals surface area (Å²) in [4.78, 5) is 21.4. The summed E-state index contributed by atoms with van der Waals surface area (Å²) in [6.45, 7) is 5.50. The maximum Gasteiger partial charge on any atom is 0.226 e. The molecule has 1 saturated heterocycles. The first kappa shape index (κ1) is 16.0. The summed E-state index contributed by atoms with van der Waals surface area (Å²) in [5, 5.41) is 0. The van der Waals surface area contributed by atoms with Crippen molar-refractivity contribution in [3.63, 3.8) is 0 Å². The van der Waals surface area contributed by atoms with Gasteiger partial charge >= 0.3 is 0 Å². The minimum Gasteiger partial charge on any atom is -0.346 e. The fourth-order valence-corrected chi connectivity index (χ4v) is 3.41. The molecule has 1 amide bonds. The van der Waals surface area contributed by atoms with Crippen LogP contribution in [0.3, 0.4) is 0 Å². The third-order valence-corrected chi connectivity index (χ3v) is 4.95. The number of carbonyl (C=O) groups is 1.